The monoisotopic (exact) mass is 343 g/mol. The van der Waals surface area contributed by atoms with Crippen molar-refractivity contribution in [3.05, 3.63) is 43.9 Å². The Hall–Kier alpha value is -2.20. The van der Waals surface area contributed by atoms with Gasteiger partial charge in [-0.05, 0) is 33.8 Å². The Morgan fingerprint density at radius 1 is 1.70 bits per heavy atom. The van der Waals surface area contributed by atoms with Gasteiger partial charge in [0.1, 0.15) is 10.2 Å². The van der Waals surface area contributed by atoms with Crippen LogP contribution in [-0.4, -0.2) is 20.6 Å². The Morgan fingerprint density at radius 2 is 2.40 bits per heavy atom. The molecule has 2 heterocycles. The molecule has 0 aromatic carbocycles. The molecule has 1 amide bonds. The first-order chi connectivity index (χ1) is 9.42. The molecule has 0 unspecified atom stereocenters. The van der Waals surface area contributed by atoms with Crippen molar-refractivity contribution in [3.8, 4) is 0 Å². The van der Waals surface area contributed by atoms with Crippen LogP contribution in [0.15, 0.2) is 21.2 Å². The lowest BCUT2D eigenvalue weighted by molar-refractivity contribution is -0.390. The predicted molar refractivity (Wildman–Crippen MR) is 70.8 cm³/mol. The number of nitrogens with two attached hydrogens (primary N) is 1. The molecule has 2 aromatic rings. The zero-order chi connectivity index (χ0) is 14.9. The lowest BCUT2D eigenvalue weighted by Gasteiger charge is -1.94. The number of aromatic nitrogens is 2. The van der Waals surface area contributed by atoms with E-state index in [2.05, 4.69) is 21.0 Å². The summed E-state index contributed by atoms with van der Waals surface area (Å²) in [6.45, 7) is 1.91. The molecule has 3 N–H and O–H groups in total. The molecule has 2 rings (SSSR count). The SMILES string of the molecule is Cc1oc(C(=O)NN)cc1Cn1cc(Br)c([N+](=O)[O-])n1. The van der Waals surface area contributed by atoms with Crippen LogP contribution in [0.25, 0.3) is 0 Å². The minimum Gasteiger partial charge on any atom is -0.456 e. The number of nitrogens with zero attached hydrogens (tertiary/aromatic N) is 3. The number of rotatable bonds is 4. The number of hydrogen-bond acceptors (Lipinski definition) is 6. The number of halogens is 1. The Kier molecular flexibility index (Phi) is 3.86. The van der Waals surface area contributed by atoms with Crippen molar-refractivity contribution in [2.75, 3.05) is 0 Å². The van der Waals surface area contributed by atoms with Crippen molar-refractivity contribution in [3.63, 3.8) is 0 Å². The molecule has 0 aliphatic carbocycles. The fraction of sp³-hybridized carbons (Fsp3) is 0.200. The van der Waals surface area contributed by atoms with Crippen LogP contribution in [-0.2, 0) is 6.54 Å². The largest absolute Gasteiger partial charge is 0.456 e. The maximum absolute atomic E-state index is 11.3. The molecule has 0 spiro atoms. The molecule has 9 nitrogen and oxygen atoms in total. The van der Waals surface area contributed by atoms with Crippen molar-refractivity contribution in [2.24, 2.45) is 5.84 Å². The summed E-state index contributed by atoms with van der Waals surface area (Å²) in [5, 5.41) is 14.5. The van der Waals surface area contributed by atoms with Gasteiger partial charge in [-0.3, -0.25) is 10.2 Å². The summed E-state index contributed by atoms with van der Waals surface area (Å²) < 4.78 is 6.91. The molecule has 106 valence electrons. The van der Waals surface area contributed by atoms with Gasteiger partial charge in [-0.1, -0.05) is 0 Å². The Morgan fingerprint density at radius 3 is 2.95 bits per heavy atom. The summed E-state index contributed by atoms with van der Waals surface area (Å²) in [6, 6.07) is 1.51. The molecular formula is C10H10BrN5O4. The van der Waals surface area contributed by atoms with Gasteiger partial charge in [-0.15, -0.1) is 0 Å². The second-order valence-electron chi connectivity index (χ2n) is 3.92. The number of aryl methyl sites for hydroxylation is 1. The summed E-state index contributed by atoms with van der Waals surface area (Å²) in [6.07, 6.45) is 1.48. The highest BCUT2D eigenvalue weighted by Gasteiger charge is 2.20. The standard InChI is InChI=1S/C10H10BrN5O4/c1-5-6(2-8(20-5)10(17)13-12)3-15-4-7(11)9(14-15)16(18)19/h2,4H,3,12H2,1H3,(H,13,17). The zero-order valence-corrected chi connectivity index (χ0v) is 11.9. The van der Waals surface area contributed by atoms with E-state index in [-0.39, 0.29) is 22.6 Å². The van der Waals surface area contributed by atoms with E-state index in [4.69, 9.17) is 10.3 Å². The molecule has 0 saturated heterocycles. The first-order valence-corrected chi connectivity index (χ1v) is 6.19. The molecule has 0 bridgehead atoms. The number of hydrogen-bond donors (Lipinski definition) is 2. The highest BCUT2D eigenvalue weighted by molar-refractivity contribution is 9.10. The van der Waals surface area contributed by atoms with Crippen molar-refractivity contribution >= 4 is 27.7 Å². The van der Waals surface area contributed by atoms with Crippen molar-refractivity contribution in [1.82, 2.24) is 15.2 Å². The van der Waals surface area contributed by atoms with Crippen LogP contribution in [0.1, 0.15) is 21.9 Å². The number of nitrogen functional groups attached to an aromatic ring is 1. The molecular weight excluding hydrogens is 334 g/mol. The number of carbonyl (C=O) groups is 1. The van der Waals surface area contributed by atoms with E-state index < -0.39 is 10.8 Å². The first-order valence-electron chi connectivity index (χ1n) is 5.40. The number of amides is 1. The van der Waals surface area contributed by atoms with Crippen LogP contribution >= 0.6 is 15.9 Å². The van der Waals surface area contributed by atoms with Gasteiger partial charge in [0.2, 0.25) is 0 Å². The van der Waals surface area contributed by atoms with E-state index in [0.29, 0.717) is 11.3 Å². The van der Waals surface area contributed by atoms with Crippen molar-refractivity contribution < 1.29 is 14.1 Å². The number of carbonyl (C=O) groups excluding carboxylic acids is 1. The van der Waals surface area contributed by atoms with Crippen molar-refractivity contribution in [2.45, 2.75) is 13.5 Å². The second kappa shape index (κ2) is 5.43. The van der Waals surface area contributed by atoms with Gasteiger partial charge in [0, 0.05) is 5.56 Å². The number of nitro groups is 1. The van der Waals surface area contributed by atoms with Crippen LogP contribution in [0, 0.1) is 17.0 Å². The van der Waals surface area contributed by atoms with Gasteiger partial charge in [-0.2, -0.15) is 4.68 Å². The summed E-state index contributed by atoms with van der Waals surface area (Å²) in [5.41, 5.74) is 2.64. The van der Waals surface area contributed by atoms with E-state index in [1.807, 2.05) is 5.43 Å². The van der Waals surface area contributed by atoms with Gasteiger partial charge >= 0.3 is 11.7 Å². The van der Waals surface area contributed by atoms with E-state index in [0.717, 1.165) is 0 Å². The van der Waals surface area contributed by atoms with Gasteiger partial charge in [0.25, 0.3) is 0 Å². The molecule has 10 heteroatoms. The Labute approximate surface area is 121 Å². The maximum atomic E-state index is 11.3. The molecule has 20 heavy (non-hydrogen) atoms. The van der Waals surface area contributed by atoms with Crippen LogP contribution in [0.5, 0.6) is 0 Å². The lowest BCUT2D eigenvalue weighted by atomic mass is 10.2. The number of hydrazine groups is 1. The average molecular weight is 344 g/mol. The maximum Gasteiger partial charge on any atom is 0.404 e. The topological polar surface area (TPSA) is 129 Å². The van der Waals surface area contributed by atoms with E-state index in [1.54, 1.807) is 6.92 Å². The molecule has 0 radical (unpaired) electrons. The van der Waals surface area contributed by atoms with Crippen LogP contribution in [0.3, 0.4) is 0 Å². The van der Waals surface area contributed by atoms with Gasteiger partial charge in [0.15, 0.2) is 5.76 Å². The predicted octanol–water partition coefficient (Wildman–Crippen LogP) is 1.11. The van der Waals surface area contributed by atoms with E-state index in [1.165, 1.54) is 16.9 Å². The first kappa shape index (κ1) is 14.2. The third-order valence-electron chi connectivity index (χ3n) is 2.58. The van der Waals surface area contributed by atoms with Crippen molar-refractivity contribution in [1.29, 1.82) is 0 Å². The Balaban J connectivity index is 2.26. The summed E-state index contributed by atoms with van der Waals surface area (Å²) in [4.78, 5) is 21.4. The number of furan rings is 1. The van der Waals surface area contributed by atoms with Gasteiger partial charge in [-0.25, -0.2) is 5.84 Å². The van der Waals surface area contributed by atoms with Crippen LogP contribution < -0.4 is 11.3 Å². The summed E-state index contributed by atoms with van der Waals surface area (Å²) >= 11 is 3.06. The molecule has 0 aliphatic heterocycles. The molecule has 0 aliphatic rings. The minimum atomic E-state index is -0.587. The normalized spacial score (nSPS) is 10.6. The fourth-order valence-corrected chi connectivity index (χ4v) is 2.09. The lowest BCUT2D eigenvalue weighted by Crippen LogP contribution is -2.29. The fourth-order valence-electron chi connectivity index (χ4n) is 1.63. The molecule has 0 fully saturated rings. The quantitative estimate of drug-likeness (QED) is 0.370. The van der Waals surface area contributed by atoms with Crippen LogP contribution in [0.2, 0.25) is 0 Å². The highest BCUT2D eigenvalue weighted by atomic mass is 79.9. The van der Waals surface area contributed by atoms with E-state index >= 15 is 0 Å². The van der Waals surface area contributed by atoms with Gasteiger partial charge < -0.3 is 14.5 Å². The van der Waals surface area contributed by atoms with E-state index in [9.17, 15) is 14.9 Å². The minimum absolute atomic E-state index is 0.0701. The molecule has 0 saturated carbocycles. The molecule has 0 atom stereocenters. The average Bonchev–Trinajstić information content (AvgIpc) is 2.93. The Bertz CT molecular complexity index is 677. The van der Waals surface area contributed by atoms with Gasteiger partial charge in [0.05, 0.1) is 17.8 Å². The molecule has 2 aromatic heterocycles. The highest BCUT2D eigenvalue weighted by Crippen LogP contribution is 2.23. The number of nitrogens with one attached hydrogen (secondary N) is 1. The smallest absolute Gasteiger partial charge is 0.404 e. The summed E-state index contributed by atoms with van der Waals surface area (Å²) in [7, 11) is 0. The summed E-state index contributed by atoms with van der Waals surface area (Å²) in [5.74, 6) is 4.77. The third kappa shape index (κ3) is 2.70. The second-order valence-corrected chi connectivity index (χ2v) is 4.78. The third-order valence-corrected chi connectivity index (χ3v) is 3.14. The zero-order valence-electron chi connectivity index (χ0n) is 10.3. The van der Waals surface area contributed by atoms with Crippen LogP contribution in [0.4, 0.5) is 5.82 Å².